The number of esters is 1. The van der Waals surface area contributed by atoms with E-state index in [1.807, 2.05) is 27.7 Å². The molecule has 0 bridgehead atoms. The Morgan fingerprint density at radius 2 is 1.88 bits per heavy atom. The first-order valence-electron chi connectivity index (χ1n) is 7.95. The fraction of sp³-hybridized carbons (Fsp3) is 0.588. The number of benzene rings is 1. The molecule has 0 radical (unpaired) electrons. The third-order valence-electron chi connectivity index (χ3n) is 3.73. The molecule has 0 aliphatic carbocycles. The maximum atomic E-state index is 12.1. The molecule has 1 heterocycles. The zero-order valence-electron chi connectivity index (χ0n) is 14.8. The summed E-state index contributed by atoms with van der Waals surface area (Å²) in [7, 11) is 0. The molecule has 0 aromatic heterocycles. The first-order chi connectivity index (χ1) is 11.0. The second kappa shape index (κ2) is 6.39. The molecule has 1 saturated heterocycles. The van der Waals surface area contributed by atoms with Gasteiger partial charge in [-0.2, -0.15) is 0 Å². The van der Waals surface area contributed by atoms with E-state index < -0.39 is 10.9 Å². The minimum atomic E-state index is -0.683. The summed E-state index contributed by atoms with van der Waals surface area (Å²) in [5.41, 5.74) is -0.264. The lowest BCUT2D eigenvalue weighted by Gasteiger charge is -2.48. The van der Waals surface area contributed by atoms with E-state index in [1.54, 1.807) is 13.0 Å². The Hall–Kier alpha value is -2.15. The number of nitrogens with zero attached hydrogens (tertiary/aromatic N) is 2. The van der Waals surface area contributed by atoms with Crippen LogP contribution >= 0.6 is 0 Å². The SMILES string of the molecule is CCOC(=O)c1cc(N2CC(C)(C)OC(C)(C)C2)ccc1[N+](=O)[O-]. The number of anilines is 1. The summed E-state index contributed by atoms with van der Waals surface area (Å²) < 4.78 is 11.0. The molecular weight excluding hydrogens is 312 g/mol. The fourth-order valence-corrected chi connectivity index (χ4v) is 3.22. The van der Waals surface area contributed by atoms with Crippen molar-refractivity contribution in [2.45, 2.75) is 45.8 Å². The smallest absolute Gasteiger partial charge is 0.345 e. The zero-order chi connectivity index (χ0) is 18.1. The van der Waals surface area contributed by atoms with E-state index in [2.05, 4.69) is 4.90 Å². The van der Waals surface area contributed by atoms with Crippen LogP contribution < -0.4 is 4.90 Å². The van der Waals surface area contributed by atoms with E-state index in [4.69, 9.17) is 9.47 Å². The summed E-state index contributed by atoms with van der Waals surface area (Å²) in [5.74, 6) is -0.683. The molecule has 1 aliphatic heterocycles. The highest BCUT2D eigenvalue weighted by Crippen LogP contribution is 2.33. The summed E-state index contributed by atoms with van der Waals surface area (Å²) in [6.45, 7) is 11.1. The summed E-state index contributed by atoms with van der Waals surface area (Å²) in [4.78, 5) is 24.8. The number of nitro groups is 1. The number of ether oxygens (including phenoxy) is 2. The van der Waals surface area contributed by atoms with Crippen LogP contribution in [0.15, 0.2) is 18.2 Å². The van der Waals surface area contributed by atoms with E-state index in [-0.39, 0.29) is 29.1 Å². The van der Waals surface area contributed by atoms with Gasteiger partial charge in [-0.1, -0.05) is 0 Å². The van der Waals surface area contributed by atoms with Crippen molar-refractivity contribution in [3.05, 3.63) is 33.9 Å². The third-order valence-corrected chi connectivity index (χ3v) is 3.73. The Kier molecular flexibility index (Phi) is 4.85. The van der Waals surface area contributed by atoms with Crippen molar-refractivity contribution in [3.63, 3.8) is 0 Å². The van der Waals surface area contributed by atoms with Gasteiger partial charge in [0.15, 0.2) is 0 Å². The largest absolute Gasteiger partial charge is 0.462 e. The number of nitro benzene ring substituents is 1. The Labute approximate surface area is 141 Å². The Morgan fingerprint density at radius 3 is 2.38 bits per heavy atom. The van der Waals surface area contributed by atoms with Crippen molar-refractivity contribution >= 4 is 17.3 Å². The van der Waals surface area contributed by atoms with Gasteiger partial charge in [0.25, 0.3) is 5.69 Å². The fourth-order valence-electron chi connectivity index (χ4n) is 3.22. The number of hydrogen-bond acceptors (Lipinski definition) is 6. The summed E-state index contributed by atoms with van der Waals surface area (Å²) >= 11 is 0. The second-order valence-electron chi connectivity index (χ2n) is 7.16. The van der Waals surface area contributed by atoms with E-state index in [9.17, 15) is 14.9 Å². The van der Waals surface area contributed by atoms with Gasteiger partial charge in [0.2, 0.25) is 0 Å². The van der Waals surface area contributed by atoms with Crippen LogP contribution in [0.4, 0.5) is 11.4 Å². The van der Waals surface area contributed by atoms with E-state index in [1.165, 1.54) is 12.1 Å². The highest BCUT2D eigenvalue weighted by molar-refractivity contribution is 5.95. The van der Waals surface area contributed by atoms with Gasteiger partial charge in [-0.05, 0) is 46.8 Å². The molecule has 1 aromatic carbocycles. The predicted molar refractivity (Wildman–Crippen MR) is 90.5 cm³/mol. The monoisotopic (exact) mass is 336 g/mol. The van der Waals surface area contributed by atoms with Gasteiger partial charge in [0.1, 0.15) is 5.56 Å². The van der Waals surface area contributed by atoms with E-state index >= 15 is 0 Å². The molecule has 0 saturated carbocycles. The summed E-state index contributed by atoms with van der Waals surface area (Å²) in [6.07, 6.45) is 0. The Balaban J connectivity index is 2.42. The van der Waals surface area contributed by atoms with Crippen LogP contribution in [-0.2, 0) is 9.47 Å². The Bertz CT molecular complexity index is 638. The number of carbonyl (C=O) groups excluding carboxylic acids is 1. The molecule has 0 N–H and O–H groups in total. The van der Waals surface area contributed by atoms with Crippen LogP contribution in [0.5, 0.6) is 0 Å². The quantitative estimate of drug-likeness (QED) is 0.477. The van der Waals surface area contributed by atoms with Gasteiger partial charge < -0.3 is 14.4 Å². The number of hydrogen-bond donors (Lipinski definition) is 0. The van der Waals surface area contributed by atoms with Crippen molar-refractivity contribution in [1.82, 2.24) is 0 Å². The van der Waals surface area contributed by atoms with Crippen LogP contribution in [0.3, 0.4) is 0 Å². The van der Waals surface area contributed by atoms with Gasteiger partial charge >= 0.3 is 5.97 Å². The van der Waals surface area contributed by atoms with Crippen LogP contribution in [0.25, 0.3) is 0 Å². The zero-order valence-corrected chi connectivity index (χ0v) is 14.8. The molecule has 1 aliphatic rings. The number of carbonyl (C=O) groups is 1. The molecule has 0 amide bonds. The second-order valence-corrected chi connectivity index (χ2v) is 7.16. The molecule has 2 rings (SSSR count). The van der Waals surface area contributed by atoms with Crippen LogP contribution in [0.1, 0.15) is 45.0 Å². The average Bonchev–Trinajstić information content (AvgIpc) is 2.43. The van der Waals surface area contributed by atoms with Gasteiger partial charge in [-0.25, -0.2) is 4.79 Å². The lowest BCUT2D eigenvalue weighted by Crippen LogP contribution is -2.57. The number of rotatable bonds is 4. The number of morpholine rings is 1. The van der Waals surface area contributed by atoms with Gasteiger partial charge in [-0.3, -0.25) is 10.1 Å². The van der Waals surface area contributed by atoms with Crippen molar-refractivity contribution < 1.29 is 19.2 Å². The lowest BCUT2D eigenvalue weighted by atomic mass is 9.98. The maximum absolute atomic E-state index is 12.1. The Morgan fingerprint density at radius 1 is 1.29 bits per heavy atom. The molecule has 0 atom stereocenters. The normalized spacial score (nSPS) is 19.0. The molecule has 0 unspecified atom stereocenters. The molecule has 1 aromatic rings. The minimum Gasteiger partial charge on any atom is -0.462 e. The van der Waals surface area contributed by atoms with Crippen molar-refractivity contribution in [1.29, 1.82) is 0 Å². The molecule has 7 heteroatoms. The van der Waals surface area contributed by atoms with Crippen LogP contribution in [0.2, 0.25) is 0 Å². The van der Waals surface area contributed by atoms with Crippen LogP contribution in [-0.4, -0.2) is 41.8 Å². The van der Waals surface area contributed by atoms with E-state index in [0.29, 0.717) is 13.1 Å². The lowest BCUT2D eigenvalue weighted by molar-refractivity contribution is -0.385. The molecular formula is C17H24N2O5. The first-order valence-corrected chi connectivity index (χ1v) is 7.95. The predicted octanol–water partition coefficient (Wildman–Crippen LogP) is 3.17. The first kappa shape index (κ1) is 18.2. The molecule has 1 fully saturated rings. The highest BCUT2D eigenvalue weighted by atomic mass is 16.6. The van der Waals surface area contributed by atoms with E-state index in [0.717, 1.165) is 5.69 Å². The standard InChI is InChI=1S/C17H24N2O5/c1-6-23-15(20)13-9-12(7-8-14(13)19(21)22)18-10-16(2,3)24-17(4,5)11-18/h7-9H,6,10-11H2,1-5H3. The summed E-state index contributed by atoms with van der Waals surface area (Å²) in [5, 5.41) is 11.2. The highest BCUT2D eigenvalue weighted by Gasteiger charge is 2.38. The van der Waals surface area contributed by atoms with Gasteiger partial charge in [0, 0.05) is 24.8 Å². The van der Waals surface area contributed by atoms with Crippen molar-refractivity contribution in [2.24, 2.45) is 0 Å². The molecule has 132 valence electrons. The van der Waals surface area contributed by atoms with Crippen molar-refractivity contribution in [2.75, 3.05) is 24.6 Å². The van der Waals surface area contributed by atoms with Crippen LogP contribution in [0, 0.1) is 10.1 Å². The molecule has 24 heavy (non-hydrogen) atoms. The van der Waals surface area contributed by atoms with Gasteiger partial charge in [0.05, 0.1) is 22.7 Å². The van der Waals surface area contributed by atoms with Crippen molar-refractivity contribution in [3.8, 4) is 0 Å². The topological polar surface area (TPSA) is 81.9 Å². The average molecular weight is 336 g/mol. The molecule has 7 nitrogen and oxygen atoms in total. The summed E-state index contributed by atoms with van der Waals surface area (Å²) in [6, 6.07) is 4.56. The maximum Gasteiger partial charge on any atom is 0.345 e. The van der Waals surface area contributed by atoms with Gasteiger partial charge in [-0.15, -0.1) is 0 Å². The molecule has 0 spiro atoms. The minimum absolute atomic E-state index is 0.0264. The third kappa shape index (κ3) is 4.03.